The van der Waals surface area contributed by atoms with Crippen molar-refractivity contribution in [1.29, 1.82) is 0 Å². The molecule has 0 radical (unpaired) electrons. The number of anilines is 2. The number of ether oxygens (including phenoxy) is 1. The van der Waals surface area contributed by atoms with Crippen molar-refractivity contribution in [3.05, 3.63) is 77.8 Å². The monoisotopic (exact) mass is 528 g/mol. The molecule has 5 rings (SSSR count). The van der Waals surface area contributed by atoms with Crippen LogP contribution in [0.3, 0.4) is 0 Å². The van der Waals surface area contributed by atoms with Crippen LogP contribution in [0, 0.1) is 5.92 Å². The number of nitrogens with zero attached hydrogens (tertiary/aromatic N) is 4. The SMILES string of the molecule is CN1CCOc2cc(-c3ccccc3-c3csc(N(C)C(=O)[C@@H](CC(=O)O)Cc4ccccc4)n3)cnc21. The summed E-state index contributed by atoms with van der Waals surface area (Å²) in [5.74, 6) is -0.404. The first-order chi connectivity index (χ1) is 18.4. The predicted octanol–water partition coefficient (Wildman–Crippen LogP) is 5.00. The van der Waals surface area contributed by atoms with Gasteiger partial charge in [0.2, 0.25) is 5.91 Å². The van der Waals surface area contributed by atoms with Gasteiger partial charge >= 0.3 is 5.97 Å². The van der Waals surface area contributed by atoms with E-state index in [1.807, 2.05) is 79.3 Å². The van der Waals surface area contributed by atoms with Crippen LogP contribution in [0.15, 0.2) is 72.2 Å². The van der Waals surface area contributed by atoms with E-state index in [9.17, 15) is 14.7 Å². The quantitative estimate of drug-likeness (QED) is 0.344. The number of pyridine rings is 1. The molecule has 2 aromatic heterocycles. The van der Waals surface area contributed by atoms with Gasteiger partial charge in [-0.25, -0.2) is 9.97 Å². The summed E-state index contributed by atoms with van der Waals surface area (Å²) < 4.78 is 5.85. The fraction of sp³-hybridized carbons (Fsp3) is 0.241. The second-order valence-electron chi connectivity index (χ2n) is 9.26. The predicted molar refractivity (Wildman–Crippen MR) is 149 cm³/mol. The number of benzene rings is 2. The van der Waals surface area contributed by atoms with Crippen molar-refractivity contribution < 1.29 is 19.4 Å². The number of carboxylic acid groups (broad SMARTS) is 1. The lowest BCUT2D eigenvalue weighted by Gasteiger charge is -2.26. The molecule has 1 N–H and O–H groups in total. The van der Waals surface area contributed by atoms with Gasteiger partial charge in [0.25, 0.3) is 0 Å². The fourth-order valence-corrected chi connectivity index (χ4v) is 5.40. The first-order valence-corrected chi connectivity index (χ1v) is 13.2. The van der Waals surface area contributed by atoms with Gasteiger partial charge in [-0.3, -0.25) is 14.5 Å². The molecule has 0 bridgehead atoms. The Morgan fingerprint density at radius 3 is 2.63 bits per heavy atom. The van der Waals surface area contributed by atoms with Gasteiger partial charge in [-0.2, -0.15) is 0 Å². The van der Waals surface area contributed by atoms with Crippen LogP contribution in [0.2, 0.25) is 0 Å². The number of hydrogen-bond acceptors (Lipinski definition) is 7. The zero-order chi connectivity index (χ0) is 26.6. The third-order valence-electron chi connectivity index (χ3n) is 6.60. The fourth-order valence-electron chi connectivity index (χ4n) is 4.60. The van der Waals surface area contributed by atoms with Gasteiger partial charge in [-0.05, 0) is 23.6 Å². The first-order valence-electron chi connectivity index (χ1n) is 12.3. The molecule has 0 spiro atoms. The molecule has 0 saturated carbocycles. The standard InChI is InChI=1S/C29H28N4O4S/c1-32-12-13-37-25-15-21(17-30-27(25)32)22-10-6-7-11-23(22)24-18-38-29(31-24)33(2)28(36)20(16-26(34)35)14-19-8-4-3-5-9-19/h3-11,15,17-18,20H,12-14,16H2,1-2H3,(H,34,35)/t20-/m1/s1. The van der Waals surface area contributed by atoms with Crippen LogP contribution in [0.1, 0.15) is 12.0 Å². The van der Waals surface area contributed by atoms with Crippen LogP contribution in [-0.2, 0) is 16.0 Å². The van der Waals surface area contributed by atoms with E-state index in [2.05, 4.69) is 9.88 Å². The average molecular weight is 529 g/mol. The molecule has 1 atom stereocenters. The highest BCUT2D eigenvalue weighted by Crippen LogP contribution is 2.38. The lowest BCUT2D eigenvalue weighted by molar-refractivity contribution is -0.140. The Balaban J connectivity index is 1.41. The van der Waals surface area contributed by atoms with E-state index in [1.165, 1.54) is 16.2 Å². The molecule has 0 fully saturated rings. The Morgan fingerprint density at radius 2 is 1.87 bits per heavy atom. The average Bonchev–Trinajstić information content (AvgIpc) is 3.42. The largest absolute Gasteiger partial charge is 0.488 e. The number of carbonyl (C=O) groups excluding carboxylic acids is 1. The Hall–Kier alpha value is -4.24. The highest BCUT2D eigenvalue weighted by Gasteiger charge is 2.27. The molecule has 1 aliphatic heterocycles. The minimum atomic E-state index is -1.00. The zero-order valence-electron chi connectivity index (χ0n) is 21.2. The summed E-state index contributed by atoms with van der Waals surface area (Å²) in [6.07, 6.45) is 1.94. The van der Waals surface area contributed by atoms with E-state index < -0.39 is 11.9 Å². The maximum absolute atomic E-state index is 13.4. The van der Waals surface area contributed by atoms with Crippen molar-refractivity contribution in [3.8, 4) is 28.1 Å². The number of fused-ring (bicyclic) bond motifs is 1. The summed E-state index contributed by atoms with van der Waals surface area (Å²) in [6, 6.07) is 19.4. The first kappa shape index (κ1) is 25.4. The van der Waals surface area contributed by atoms with Crippen molar-refractivity contribution >= 4 is 34.2 Å². The van der Waals surface area contributed by atoms with Gasteiger partial charge in [0.15, 0.2) is 16.7 Å². The Labute approximate surface area is 225 Å². The normalized spacial score (nSPS) is 13.4. The van der Waals surface area contributed by atoms with E-state index in [-0.39, 0.29) is 12.3 Å². The molecule has 1 aliphatic rings. The summed E-state index contributed by atoms with van der Waals surface area (Å²) in [5.41, 5.74) is 4.43. The van der Waals surface area contributed by atoms with Crippen LogP contribution in [-0.4, -0.2) is 54.2 Å². The van der Waals surface area contributed by atoms with Crippen molar-refractivity contribution in [3.63, 3.8) is 0 Å². The number of aliphatic carboxylic acids is 1. The maximum atomic E-state index is 13.4. The Morgan fingerprint density at radius 1 is 1.13 bits per heavy atom. The van der Waals surface area contributed by atoms with Crippen LogP contribution in [0.25, 0.3) is 22.4 Å². The molecule has 9 heteroatoms. The van der Waals surface area contributed by atoms with Crippen LogP contribution >= 0.6 is 11.3 Å². The highest BCUT2D eigenvalue weighted by molar-refractivity contribution is 7.14. The second-order valence-corrected chi connectivity index (χ2v) is 10.1. The lowest BCUT2D eigenvalue weighted by atomic mass is 9.95. The summed E-state index contributed by atoms with van der Waals surface area (Å²) in [7, 11) is 3.65. The van der Waals surface area contributed by atoms with Gasteiger partial charge < -0.3 is 14.7 Å². The maximum Gasteiger partial charge on any atom is 0.304 e. The number of likely N-dealkylation sites (N-methyl/N-ethyl adjacent to an activating group) is 1. The minimum absolute atomic E-state index is 0.248. The molecule has 38 heavy (non-hydrogen) atoms. The number of aromatic nitrogens is 2. The van der Waals surface area contributed by atoms with Gasteiger partial charge in [-0.1, -0.05) is 54.6 Å². The van der Waals surface area contributed by atoms with Crippen molar-refractivity contribution in [1.82, 2.24) is 9.97 Å². The van der Waals surface area contributed by atoms with Crippen molar-refractivity contribution in [2.45, 2.75) is 12.8 Å². The molecule has 194 valence electrons. The number of rotatable bonds is 8. The van der Waals surface area contributed by atoms with Crippen LogP contribution in [0.5, 0.6) is 5.75 Å². The van der Waals surface area contributed by atoms with E-state index in [0.717, 1.165) is 46.1 Å². The van der Waals surface area contributed by atoms with Gasteiger partial charge in [0.05, 0.1) is 24.6 Å². The molecule has 4 aromatic rings. The topological polar surface area (TPSA) is 95.9 Å². The molecule has 0 unspecified atom stereocenters. The number of thiazole rings is 1. The van der Waals surface area contributed by atoms with Crippen LogP contribution in [0.4, 0.5) is 10.9 Å². The molecular weight excluding hydrogens is 500 g/mol. The Kier molecular flexibility index (Phi) is 7.37. The summed E-state index contributed by atoms with van der Waals surface area (Å²) >= 11 is 1.35. The third kappa shape index (κ3) is 5.38. The van der Waals surface area contributed by atoms with E-state index in [0.29, 0.717) is 18.2 Å². The van der Waals surface area contributed by atoms with E-state index >= 15 is 0 Å². The number of carbonyl (C=O) groups is 2. The molecule has 2 aromatic carbocycles. The number of hydrogen-bond donors (Lipinski definition) is 1. The summed E-state index contributed by atoms with van der Waals surface area (Å²) in [5, 5.41) is 11.9. The number of amides is 1. The molecule has 3 heterocycles. The van der Waals surface area contributed by atoms with E-state index in [4.69, 9.17) is 9.72 Å². The van der Waals surface area contributed by atoms with Crippen molar-refractivity contribution in [2.24, 2.45) is 5.92 Å². The number of carboxylic acids is 1. The van der Waals surface area contributed by atoms with Crippen LogP contribution < -0.4 is 14.5 Å². The van der Waals surface area contributed by atoms with Gasteiger partial charge in [0.1, 0.15) is 6.61 Å². The highest BCUT2D eigenvalue weighted by atomic mass is 32.1. The summed E-state index contributed by atoms with van der Waals surface area (Å²) in [4.78, 5) is 37.9. The zero-order valence-corrected chi connectivity index (χ0v) is 22.0. The molecule has 1 amide bonds. The molecule has 0 aliphatic carbocycles. The minimum Gasteiger partial charge on any atom is -0.488 e. The summed E-state index contributed by atoms with van der Waals surface area (Å²) in [6.45, 7) is 1.40. The Bertz CT molecular complexity index is 1460. The third-order valence-corrected chi connectivity index (χ3v) is 7.51. The molecule has 8 nitrogen and oxygen atoms in total. The molecular formula is C29H28N4O4S. The smallest absolute Gasteiger partial charge is 0.304 e. The van der Waals surface area contributed by atoms with Gasteiger partial charge in [0, 0.05) is 36.8 Å². The lowest BCUT2D eigenvalue weighted by Crippen LogP contribution is -2.35. The second kappa shape index (κ2) is 11.0. The van der Waals surface area contributed by atoms with Crippen molar-refractivity contribution in [2.75, 3.05) is 37.0 Å². The van der Waals surface area contributed by atoms with Gasteiger partial charge in [-0.15, -0.1) is 11.3 Å². The molecule has 0 saturated heterocycles. The van der Waals surface area contributed by atoms with E-state index in [1.54, 1.807) is 7.05 Å².